The van der Waals surface area contributed by atoms with Gasteiger partial charge < -0.3 is 10.6 Å². The van der Waals surface area contributed by atoms with Crippen LogP contribution in [0.15, 0.2) is 39.7 Å². The molecule has 1 atom stereocenters. The van der Waals surface area contributed by atoms with E-state index in [9.17, 15) is 9.18 Å². The Labute approximate surface area is 142 Å². The van der Waals surface area contributed by atoms with Gasteiger partial charge in [-0.3, -0.25) is 9.36 Å². The zero-order valence-electron chi connectivity index (χ0n) is 12.6. The fourth-order valence-electron chi connectivity index (χ4n) is 2.84. The number of hydrogen-bond acceptors (Lipinski definition) is 4. The Morgan fingerprint density at radius 3 is 2.91 bits per heavy atom. The summed E-state index contributed by atoms with van der Waals surface area (Å²) < 4.78 is 16.0. The molecular formula is C16H18BrFN4O. The molecule has 1 aromatic heterocycles. The quantitative estimate of drug-likeness (QED) is 0.885. The van der Waals surface area contributed by atoms with Crippen LogP contribution < -0.4 is 16.2 Å². The number of nitrogens with two attached hydrogens (primary N) is 1. The molecule has 2 aromatic rings. The van der Waals surface area contributed by atoms with Crippen molar-refractivity contribution in [3.05, 3.63) is 56.7 Å². The van der Waals surface area contributed by atoms with Gasteiger partial charge in [0.05, 0.1) is 12.7 Å². The van der Waals surface area contributed by atoms with Crippen molar-refractivity contribution in [3.63, 3.8) is 0 Å². The van der Waals surface area contributed by atoms with Crippen LogP contribution in [0.3, 0.4) is 0 Å². The highest BCUT2D eigenvalue weighted by Gasteiger charge is 2.22. The van der Waals surface area contributed by atoms with E-state index in [1.807, 2.05) is 29.2 Å². The molecule has 2 heterocycles. The van der Waals surface area contributed by atoms with Crippen molar-refractivity contribution in [1.82, 2.24) is 9.55 Å². The van der Waals surface area contributed by atoms with Gasteiger partial charge in [-0.1, -0.05) is 34.1 Å². The van der Waals surface area contributed by atoms with Crippen molar-refractivity contribution in [2.45, 2.75) is 25.4 Å². The summed E-state index contributed by atoms with van der Waals surface area (Å²) in [7, 11) is 0. The Hall–Kier alpha value is -1.73. The Bertz CT molecular complexity index is 764. The van der Waals surface area contributed by atoms with E-state index in [4.69, 9.17) is 5.73 Å². The molecule has 23 heavy (non-hydrogen) atoms. The minimum Gasteiger partial charge on any atom is -0.341 e. The van der Waals surface area contributed by atoms with Crippen LogP contribution in [0.25, 0.3) is 0 Å². The van der Waals surface area contributed by atoms with Crippen molar-refractivity contribution in [2.75, 3.05) is 18.0 Å². The lowest BCUT2D eigenvalue weighted by atomic mass is 10.1. The number of piperidine rings is 1. The van der Waals surface area contributed by atoms with Crippen LogP contribution in [0.2, 0.25) is 0 Å². The standard InChI is InChI=1S/C16H18BrFN4O/c17-13-6-2-1-4-11(13)9-22-15(23)14(18)8-20-16(22)21-7-3-5-12(19)10-21/h1-2,4,6,8,12H,3,5,7,9-10,19H2. The molecule has 1 aromatic carbocycles. The molecule has 0 amide bonds. The summed E-state index contributed by atoms with van der Waals surface area (Å²) >= 11 is 3.46. The van der Waals surface area contributed by atoms with E-state index in [1.165, 1.54) is 4.57 Å². The fourth-order valence-corrected chi connectivity index (χ4v) is 3.25. The fraction of sp³-hybridized carbons (Fsp3) is 0.375. The van der Waals surface area contributed by atoms with Gasteiger partial charge >= 0.3 is 0 Å². The summed E-state index contributed by atoms with van der Waals surface area (Å²) in [6, 6.07) is 7.61. The van der Waals surface area contributed by atoms with Gasteiger partial charge in [-0.25, -0.2) is 4.98 Å². The first-order chi connectivity index (χ1) is 11.1. The second kappa shape index (κ2) is 6.80. The highest BCUT2D eigenvalue weighted by molar-refractivity contribution is 9.10. The molecule has 0 saturated carbocycles. The summed E-state index contributed by atoms with van der Waals surface area (Å²) in [5.41, 5.74) is 6.25. The Balaban J connectivity index is 2.02. The predicted molar refractivity (Wildman–Crippen MR) is 91.1 cm³/mol. The molecule has 3 rings (SSSR count). The monoisotopic (exact) mass is 380 g/mol. The van der Waals surface area contributed by atoms with E-state index in [-0.39, 0.29) is 12.6 Å². The van der Waals surface area contributed by atoms with Gasteiger partial charge in [0.2, 0.25) is 11.8 Å². The molecule has 0 bridgehead atoms. The highest BCUT2D eigenvalue weighted by Crippen LogP contribution is 2.20. The number of hydrogen-bond donors (Lipinski definition) is 1. The maximum atomic E-state index is 13.8. The lowest BCUT2D eigenvalue weighted by molar-refractivity contribution is 0.484. The third kappa shape index (κ3) is 3.45. The number of halogens is 2. The molecule has 2 N–H and O–H groups in total. The maximum absolute atomic E-state index is 13.8. The number of rotatable bonds is 3. The van der Waals surface area contributed by atoms with Gasteiger partial charge in [0.15, 0.2) is 0 Å². The van der Waals surface area contributed by atoms with Crippen LogP contribution in [0.5, 0.6) is 0 Å². The highest BCUT2D eigenvalue weighted by atomic mass is 79.9. The Morgan fingerprint density at radius 2 is 2.17 bits per heavy atom. The summed E-state index contributed by atoms with van der Waals surface area (Å²) in [6.07, 6.45) is 2.88. The number of nitrogens with zero attached hydrogens (tertiary/aromatic N) is 3. The van der Waals surface area contributed by atoms with Crippen molar-refractivity contribution >= 4 is 21.9 Å². The zero-order chi connectivity index (χ0) is 16.4. The van der Waals surface area contributed by atoms with Gasteiger partial charge in [0, 0.05) is 23.6 Å². The van der Waals surface area contributed by atoms with Crippen LogP contribution in [0.4, 0.5) is 10.3 Å². The first-order valence-electron chi connectivity index (χ1n) is 7.55. The topological polar surface area (TPSA) is 64.2 Å². The minimum atomic E-state index is -0.845. The summed E-state index contributed by atoms with van der Waals surface area (Å²) in [4.78, 5) is 18.4. The van der Waals surface area contributed by atoms with Gasteiger partial charge in [0.25, 0.3) is 5.56 Å². The second-order valence-electron chi connectivity index (χ2n) is 5.74. The zero-order valence-corrected chi connectivity index (χ0v) is 14.2. The Morgan fingerprint density at radius 1 is 1.39 bits per heavy atom. The minimum absolute atomic E-state index is 0.0441. The molecule has 122 valence electrons. The van der Waals surface area contributed by atoms with E-state index in [2.05, 4.69) is 20.9 Å². The maximum Gasteiger partial charge on any atom is 0.291 e. The molecule has 7 heteroatoms. The molecule has 5 nitrogen and oxygen atoms in total. The Kier molecular flexibility index (Phi) is 4.77. The van der Waals surface area contributed by atoms with E-state index in [0.29, 0.717) is 12.5 Å². The number of aromatic nitrogens is 2. The molecule has 0 radical (unpaired) electrons. The lowest BCUT2D eigenvalue weighted by Crippen LogP contribution is -2.45. The van der Waals surface area contributed by atoms with E-state index >= 15 is 0 Å². The molecule has 1 saturated heterocycles. The molecular weight excluding hydrogens is 363 g/mol. The average molecular weight is 381 g/mol. The van der Waals surface area contributed by atoms with Gasteiger partial charge in [-0.2, -0.15) is 4.39 Å². The number of benzene rings is 1. The molecule has 1 unspecified atom stereocenters. The van der Waals surface area contributed by atoms with Crippen molar-refractivity contribution < 1.29 is 4.39 Å². The molecule has 1 aliphatic rings. The smallest absolute Gasteiger partial charge is 0.291 e. The van der Waals surface area contributed by atoms with Gasteiger partial charge in [0.1, 0.15) is 0 Å². The van der Waals surface area contributed by atoms with E-state index in [1.54, 1.807) is 0 Å². The third-order valence-electron chi connectivity index (χ3n) is 4.01. The first kappa shape index (κ1) is 16.1. The molecule has 1 aliphatic heterocycles. The average Bonchev–Trinajstić information content (AvgIpc) is 2.54. The van der Waals surface area contributed by atoms with Crippen molar-refractivity contribution in [1.29, 1.82) is 0 Å². The van der Waals surface area contributed by atoms with E-state index < -0.39 is 11.4 Å². The second-order valence-corrected chi connectivity index (χ2v) is 6.59. The van der Waals surface area contributed by atoms with E-state index in [0.717, 1.165) is 35.6 Å². The summed E-state index contributed by atoms with van der Waals surface area (Å²) in [6.45, 7) is 1.64. The van der Waals surface area contributed by atoms with Gasteiger partial charge in [-0.05, 0) is 24.5 Å². The molecule has 0 spiro atoms. The van der Waals surface area contributed by atoms with Crippen LogP contribution in [0, 0.1) is 5.82 Å². The van der Waals surface area contributed by atoms with Crippen LogP contribution in [-0.4, -0.2) is 28.7 Å². The summed E-state index contributed by atoms with van der Waals surface area (Å²) in [5, 5.41) is 0. The molecule has 0 aliphatic carbocycles. The van der Waals surface area contributed by atoms with Crippen LogP contribution >= 0.6 is 15.9 Å². The van der Waals surface area contributed by atoms with Gasteiger partial charge in [-0.15, -0.1) is 0 Å². The SMILES string of the molecule is NC1CCCN(c2ncc(F)c(=O)n2Cc2ccccc2Br)C1. The number of anilines is 1. The predicted octanol–water partition coefficient (Wildman–Crippen LogP) is 2.12. The normalized spacial score (nSPS) is 18.2. The van der Waals surface area contributed by atoms with Crippen LogP contribution in [0.1, 0.15) is 18.4 Å². The first-order valence-corrected chi connectivity index (χ1v) is 8.35. The molecule has 1 fully saturated rings. The van der Waals surface area contributed by atoms with Crippen molar-refractivity contribution in [2.24, 2.45) is 5.73 Å². The summed E-state index contributed by atoms with van der Waals surface area (Å²) in [5.74, 6) is -0.371. The van der Waals surface area contributed by atoms with Crippen molar-refractivity contribution in [3.8, 4) is 0 Å². The lowest BCUT2D eigenvalue weighted by Gasteiger charge is -2.32. The largest absolute Gasteiger partial charge is 0.341 e. The third-order valence-corrected chi connectivity index (χ3v) is 4.78. The van der Waals surface area contributed by atoms with Crippen LogP contribution in [-0.2, 0) is 6.54 Å².